The van der Waals surface area contributed by atoms with Crippen LogP contribution in [0.3, 0.4) is 0 Å². The molecular formula is C9H9ClF3NOS. The van der Waals surface area contributed by atoms with Crippen molar-refractivity contribution < 1.29 is 17.9 Å². The largest absolute Gasteiger partial charge is 0.411 e. The summed E-state index contributed by atoms with van der Waals surface area (Å²) >= 11 is 6.78. The first kappa shape index (κ1) is 13.5. The molecule has 1 rings (SSSR count). The van der Waals surface area contributed by atoms with Crippen molar-refractivity contribution in [2.45, 2.75) is 11.1 Å². The summed E-state index contributed by atoms with van der Waals surface area (Å²) in [5, 5.41) is 0.479. The Kier molecular flexibility index (Phi) is 4.76. The van der Waals surface area contributed by atoms with Crippen LogP contribution in [0.15, 0.2) is 23.1 Å². The molecule has 0 spiro atoms. The van der Waals surface area contributed by atoms with Gasteiger partial charge in [-0.2, -0.15) is 13.2 Å². The van der Waals surface area contributed by atoms with Gasteiger partial charge in [0.15, 0.2) is 0 Å². The minimum atomic E-state index is -4.31. The van der Waals surface area contributed by atoms with Gasteiger partial charge in [0, 0.05) is 15.6 Å². The van der Waals surface area contributed by atoms with Crippen LogP contribution < -0.4 is 5.73 Å². The third kappa shape index (κ3) is 4.96. The summed E-state index contributed by atoms with van der Waals surface area (Å²) in [7, 11) is 0. The van der Waals surface area contributed by atoms with E-state index in [1.165, 1.54) is 0 Å². The Labute approximate surface area is 99.9 Å². The SMILES string of the molecule is Nc1ccc(Cl)cc1SCOCC(F)(F)F. The molecule has 0 bridgehead atoms. The smallest absolute Gasteiger partial charge is 0.398 e. The van der Waals surface area contributed by atoms with E-state index in [4.69, 9.17) is 17.3 Å². The van der Waals surface area contributed by atoms with E-state index in [0.717, 1.165) is 11.8 Å². The van der Waals surface area contributed by atoms with Crippen molar-refractivity contribution in [2.75, 3.05) is 18.3 Å². The molecule has 0 aliphatic carbocycles. The number of anilines is 1. The minimum Gasteiger partial charge on any atom is -0.398 e. The lowest BCUT2D eigenvalue weighted by Crippen LogP contribution is -2.16. The second kappa shape index (κ2) is 5.65. The van der Waals surface area contributed by atoms with Crippen LogP contribution in [0, 0.1) is 0 Å². The molecule has 0 atom stereocenters. The number of rotatable bonds is 4. The molecule has 0 saturated carbocycles. The lowest BCUT2D eigenvalue weighted by molar-refractivity contribution is -0.168. The predicted octanol–water partition coefficient (Wildman–Crippen LogP) is 3.55. The summed E-state index contributed by atoms with van der Waals surface area (Å²) in [5.41, 5.74) is 6.06. The number of benzene rings is 1. The number of nitrogen functional groups attached to an aromatic ring is 1. The number of hydrogen-bond acceptors (Lipinski definition) is 3. The van der Waals surface area contributed by atoms with Gasteiger partial charge < -0.3 is 10.5 Å². The molecule has 0 amide bonds. The van der Waals surface area contributed by atoms with Gasteiger partial charge in [0.2, 0.25) is 0 Å². The van der Waals surface area contributed by atoms with Gasteiger partial charge in [-0.25, -0.2) is 0 Å². The van der Waals surface area contributed by atoms with Crippen molar-refractivity contribution in [2.24, 2.45) is 0 Å². The van der Waals surface area contributed by atoms with Gasteiger partial charge in [-0.15, -0.1) is 0 Å². The minimum absolute atomic E-state index is 0.121. The van der Waals surface area contributed by atoms with Crippen LogP contribution >= 0.6 is 23.4 Å². The highest BCUT2D eigenvalue weighted by Crippen LogP contribution is 2.28. The van der Waals surface area contributed by atoms with E-state index >= 15 is 0 Å². The fraction of sp³-hybridized carbons (Fsp3) is 0.333. The van der Waals surface area contributed by atoms with Gasteiger partial charge in [-0.3, -0.25) is 0 Å². The standard InChI is InChI=1S/C9H9ClF3NOS/c10-6-1-2-7(14)8(3-6)16-5-15-4-9(11,12)13/h1-3H,4-5,14H2. The van der Waals surface area contributed by atoms with Crippen LogP contribution in [0.25, 0.3) is 0 Å². The average molecular weight is 272 g/mol. The molecule has 0 unspecified atom stereocenters. The zero-order valence-corrected chi connectivity index (χ0v) is 9.62. The van der Waals surface area contributed by atoms with Gasteiger partial charge in [-0.05, 0) is 18.2 Å². The van der Waals surface area contributed by atoms with E-state index in [1.54, 1.807) is 18.2 Å². The maximum absolute atomic E-state index is 11.7. The summed E-state index contributed by atoms with van der Waals surface area (Å²) in [6.45, 7) is -1.26. The third-order valence-electron chi connectivity index (χ3n) is 1.54. The fourth-order valence-electron chi connectivity index (χ4n) is 0.896. The van der Waals surface area contributed by atoms with Crippen molar-refractivity contribution in [3.8, 4) is 0 Å². The maximum Gasteiger partial charge on any atom is 0.411 e. The number of alkyl halides is 3. The number of thioether (sulfide) groups is 1. The van der Waals surface area contributed by atoms with E-state index < -0.39 is 12.8 Å². The molecule has 0 aromatic heterocycles. The van der Waals surface area contributed by atoms with E-state index in [2.05, 4.69) is 4.74 Å². The average Bonchev–Trinajstić information content (AvgIpc) is 2.16. The Hall–Kier alpha value is -0.590. The third-order valence-corrected chi connectivity index (χ3v) is 2.72. The van der Waals surface area contributed by atoms with Gasteiger partial charge in [-0.1, -0.05) is 23.4 Å². The Morgan fingerprint density at radius 1 is 1.38 bits per heavy atom. The molecule has 0 radical (unpaired) electrons. The van der Waals surface area contributed by atoms with Crippen molar-refractivity contribution >= 4 is 29.1 Å². The van der Waals surface area contributed by atoms with E-state index in [9.17, 15) is 13.2 Å². The zero-order chi connectivity index (χ0) is 12.2. The second-order valence-corrected chi connectivity index (χ2v) is 4.31. The molecule has 0 saturated heterocycles. The molecule has 1 aromatic carbocycles. The number of hydrogen-bond donors (Lipinski definition) is 1. The number of halogens is 4. The van der Waals surface area contributed by atoms with Crippen LogP contribution in [0.2, 0.25) is 5.02 Å². The van der Waals surface area contributed by atoms with Crippen LogP contribution in [0.1, 0.15) is 0 Å². The van der Waals surface area contributed by atoms with Crippen LogP contribution in [0.5, 0.6) is 0 Å². The Morgan fingerprint density at radius 3 is 2.69 bits per heavy atom. The van der Waals surface area contributed by atoms with Crippen LogP contribution in [0.4, 0.5) is 18.9 Å². The molecular weight excluding hydrogens is 263 g/mol. The summed E-state index contributed by atoms with van der Waals surface area (Å²) < 4.78 is 39.7. The van der Waals surface area contributed by atoms with Crippen LogP contribution in [-0.2, 0) is 4.74 Å². The summed E-state index contributed by atoms with van der Waals surface area (Å²) in [4.78, 5) is 0.606. The maximum atomic E-state index is 11.7. The van der Waals surface area contributed by atoms with E-state index in [0.29, 0.717) is 15.6 Å². The lowest BCUT2D eigenvalue weighted by atomic mass is 10.3. The summed E-state index contributed by atoms with van der Waals surface area (Å²) in [6, 6.07) is 4.78. The van der Waals surface area contributed by atoms with E-state index in [1.807, 2.05) is 0 Å². The Bertz CT molecular complexity index is 359. The van der Waals surface area contributed by atoms with Gasteiger partial charge in [0.1, 0.15) is 6.61 Å². The molecule has 90 valence electrons. The molecule has 0 aliphatic heterocycles. The zero-order valence-electron chi connectivity index (χ0n) is 8.05. The number of nitrogens with two attached hydrogens (primary N) is 1. The monoisotopic (exact) mass is 271 g/mol. The molecule has 7 heteroatoms. The molecule has 0 heterocycles. The van der Waals surface area contributed by atoms with Gasteiger partial charge in [0.05, 0.1) is 5.94 Å². The molecule has 2 nitrogen and oxygen atoms in total. The molecule has 2 N–H and O–H groups in total. The molecule has 16 heavy (non-hydrogen) atoms. The highest BCUT2D eigenvalue weighted by molar-refractivity contribution is 7.99. The summed E-state index contributed by atoms with van der Waals surface area (Å²) in [6.07, 6.45) is -4.31. The predicted molar refractivity (Wildman–Crippen MR) is 58.6 cm³/mol. The highest BCUT2D eigenvalue weighted by Gasteiger charge is 2.27. The van der Waals surface area contributed by atoms with Crippen molar-refractivity contribution in [3.05, 3.63) is 23.2 Å². The van der Waals surface area contributed by atoms with Crippen molar-refractivity contribution in [1.29, 1.82) is 0 Å². The Balaban J connectivity index is 2.40. The Morgan fingerprint density at radius 2 is 2.06 bits per heavy atom. The lowest BCUT2D eigenvalue weighted by Gasteiger charge is -2.08. The first-order valence-corrected chi connectivity index (χ1v) is 5.57. The molecule has 0 fully saturated rings. The quantitative estimate of drug-likeness (QED) is 0.394. The number of ether oxygens (including phenoxy) is 1. The van der Waals surface area contributed by atoms with E-state index in [-0.39, 0.29) is 5.94 Å². The van der Waals surface area contributed by atoms with Crippen LogP contribution in [-0.4, -0.2) is 18.7 Å². The molecule has 0 aliphatic rings. The van der Waals surface area contributed by atoms with Gasteiger partial charge >= 0.3 is 6.18 Å². The second-order valence-electron chi connectivity index (χ2n) is 2.91. The summed E-state index contributed by atoms with van der Waals surface area (Å²) in [5.74, 6) is -0.121. The van der Waals surface area contributed by atoms with Gasteiger partial charge in [0.25, 0.3) is 0 Å². The topological polar surface area (TPSA) is 35.2 Å². The fourth-order valence-corrected chi connectivity index (χ4v) is 1.87. The highest BCUT2D eigenvalue weighted by atomic mass is 35.5. The first-order valence-electron chi connectivity index (χ1n) is 4.21. The first-order chi connectivity index (χ1) is 7.38. The van der Waals surface area contributed by atoms with Crippen molar-refractivity contribution in [3.63, 3.8) is 0 Å². The molecule has 1 aromatic rings. The van der Waals surface area contributed by atoms with Crippen molar-refractivity contribution in [1.82, 2.24) is 0 Å². The normalized spacial score (nSPS) is 11.8.